The van der Waals surface area contributed by atoms with Crippen LogP contribution in [0.1, 0.15) is 65.3 Å². The molecule has 0 spiro atoms. The number of nitrogens with two attached hydrogens (primary N) is 1. The van der Waals surface area contributed by atoms with Crippen LogP contribution in [0.4, 0.5) is 11.5 Å². The number of hydroxylamine groups is 3. The average molecular weight is 659 g/mol. The van der Waals surface area contributed by atoms with Gasteiger partial charge in [0.1, 0.15) is 23.6 Å². The summed E-state index contributed by atoms with van der Waals surface area (Å²) in [6.07, 6.45) is 8.44. The first-order chi connectivity index (χ1) is 23.4. The average Bonchev–Trinajstić information content (AvgIpc) is 3.73. The Hall–Kier alpha value is -4.52. The summed E-state index contributed by atoms with van der Waals surface area (Å²) in [4.78, 5) is 26.9. The van der Waals surface area contributed by atoms with Crippen LogP contribution in [0.5, 0.6) is 11.5 Å². The molecule has 1 aliphatic carbocycles. The Bertz CT molecular complexity index is 1600. The van der Waals surface area contributed by atoms with Gasteiger partial charge in [0.25, 0.3) is 0 Å². The number of amides is 1. The van der Waals surface area contributed by atoms with Gasteiger partial charge in [0.15, 0.2) is 11.4 Å². The molecular formula is C36H50N8O4. The lowest BCUT2D eigenvalue weighted by Crippen LogP contribution is -2.41. The van der Waals surface area contributed by atoms with Crippen LogP contribution in [0, 0.1) is 11.8 Å². The van der Waals surface area contributed by atoms with E-state index in [9.17, 15) is 4.79 Å². The number of benzene rings is 2. The molecule has 12 heteroatoms. The fraction of sp³-hybridized carbons (Fsp3) is 0.444. The first-order valence-corrected chi connectivity index (χ1v) is 16.9. The van der Waals surface area contributed by atoms with Gasteiger partial charge in [-0.1, -0.05) is 51.5 Å². The number of fused-ring (bicyclic) bond motifs is 1. The van der Waals surface area contributed by atoms with Gasteiger partial charge >= 0.3 is 0 Å². The number of nitrogen functional groups attached to an aromatic ring is 1. The number of ether oxygens (including phenoxy) is 1. The minimum atomic E-state index is -0.0489. The van der Waals surface area contributed by atoms with E-state index in [1.165, 1.54) is 18.8 Å². The number of aliphatic hydroxyl groups excluding tert-OH is 1. The van der Waals surface area contributed by atoms with Gasteiger partial charge in [-0.3, -0.25) is 4.79 Å². The second-order valence-corrected chi connectivity index (χ2v) is 11.9. The smallest absolute Gasteiger partial charge is 0.245 e. The predicted molar refractivity (Wildman–Crippen MR) is 190 cm³/mol. The molecule has 48 heavy (non-hydrogen) atoms. The molecule has 2 aliphatic rings. The molecule has 2 unspecified atom stereocenters. The minimum absolute atomic E-state index is 0.0489. The number of aliphatic hydroxyl groups is 1. The Morgan fingerprint density at radius 2 is 1.83 bits per heavy atom. The maximum absolute atomic E-state index is 12.4. The highest BCUT2D eigenvalue weighted by Crippen LogP contribution is 2.38. The molecule has 1 saturated heterocycles. The van der Waals surface area contributed by atoms with E-state index < -0.39 is 0 Å². The minimum Gasteiger partial charge on any atom is -0.455 e. The van der Waals surface area contributed by atoms with Crippen LogP contribution in [0.25, 0.3) is 22.3 Å². The summed E-state index contributed by atoms with van der Waals surface area (Å²) < 4.78 is 8.07. The van der Waals surface area contributed by atoms with Crippen molar-refractivity contribution in [3.63, 3.8) is 0 Å². The first-order valence-electron chi connectivity index (χ1n) is 16.9. The molecule has 4 aromatic rings. The maximum atomic E-state index is 12.4. The lowest BCUT2D eigenvalue weighted by atomic mass is 10.0. The molecule has 1 amide bonds. The summed E-state index contributed by atoms with van der Waals surface area (Å²) in [5.74, 6) is 2.97. The standard InChI is InChI=1S/C31H38N8O3.C3H6O.C2H6/c1-20-8-9-21(16-20)17-27(40)37-42-38-14-12-23(13-15-38)39-31-28(30(32)34-19-35-31)29(36-39)22-10-11-26(25(18-22)33-2)41-24-6-4-3-5-7-24;1-2-3-4;1-2/h3-7,10-11,18-21,23,33H,8-9,12-17H2,1-2H3,(H,37,40)(H2,32,34,35);2,4H,1,3H2;1-2H3. The Morgan fingerprint density at radius 3 is 2.48 bits per heavy atom. The third kappa shape index (κ3) is 9.30. The highest BCUT2D eigenvalue weighted by Gasteiger charge is 2.28. The highest BCUT2D eigenvalue weighted by atomic mass is 16.8. The molecule has 1 aliphatic heterocycles. The molecular weight excluding hydrogens is 608 g/mol. The van der Waals surface area contributed by atoms with Crippen molar-refractivity contribution in [2.24, 2.45) is 11.8 Å². The topological polar surface area (TPSA) is 153 Å². The summed E-state index contributed by atoms with van der Waals surface area (Å²) in [5.41, 5.74) is 12.2. The van der Waals surface area contributed by atoms with E-state index in [-0.39, 0.29) is 18.6 Å². The molecule has 3 heterocycles. The van der Waals surface area contributed by atoms with E-state index in [4.69, 9.17) is 25.6 Å². The van der Waals surface area contributed by atoms with E-state index in [1.807, 2.05) is 79.2 Å². The van der Waals surface area contributed by atoms with Crippen LogP contribution in [-0.4, -0.2) is 62.6 Å². The second-order valence-electron chi connectivity index (χ2n) is 11.9. The zero-order valence-corrected chi connectivity index (χ0v) is 28.6. The quantitative estimate of drug-likeness (QED) is 0.109. The van der Waals surface area contributed by atoms with Crippen molar-refractivity contribution < 1.29 is 19.6 Å². The third-order valence-corrected chi connectivity index (χ3v) is 8.48. The number of piperidine rings is 1. The second kappa shape index (κ2) is 18.1. The molecule has 12 nitrogen and oxygen atoms in total. The lowest BCUT2D eigenvalue weighted by Gasteiger charge is -2.30. The zero-order chi connectivity index (χ0) is 34.5. The number of hydrogen-bond donors (Lipinski definition) is 4. The van der Waals surface area contributed by atoms with Crippen LogP contribution < -0.4 is 21.3 Å². The molecule has 2 fully saturated rings. The lowest BCUT2D eigenvalue weighted by molar-refractivity contribution is -0.221. The first kappa shape index (κ1) is 36.3. The van der Waals surface area contributed by atoms with Crippen molar-refractivity contribution in [2.45, 2.75) is 65.3 Å². The molecule has 1 saturated carbocycles. The van der Waals surface area contributed by atoms with Crippen molar-refractivity contribution in [1.29, 1.82) is 0 Å². The molecule has 0 radical (unpaired) electrons. The number of anilines is 2. The largest absolute Gasteiger partial charge is 0.455 e. The Kier molecular flexibility index (Phi) is 13.7. The molecule has 5 N–H and O–H groups in total. The fourth-order valence-corrected chi connectivity index (χ4v) is 6.14. The Balaban J connectivity index is 0.000000808. The molecule has 2 aromatic heterocycles. The van der Waals surface area contributed by atoms with Gasteiger partial charge in [-0.2, -0.15) is 15.1 Å². The Labute approximate surface area is 283 Å². The SMILES string of the molecule is C=CCO.CC.CNc1cc(-c2nn(C3CCN(ONC(=O)CC4CCC(C)C4)CC3)c3ncnc(N)c23)ccc1Oc1ccccc1. The van der Waals surface area contributed by atoms with Crippen LogP contribution >= 0.6 is 0 Å². The van der Waals surface area contributed by atoms with Crippen LogP contribution in [0.15, 0.2) is 67.5 Å². The molecule has 2 aromatic carbocycles. The van der Waals surface area contributed by atoms with Gasteiger partial charge in [0, 0.05) is 32.1 Å². The fourth-order valence-electron chi connectivity index (χ4n) is 6.14. The van der Waals surface area contributed by atoms with Crippen molar-refractivity contribution >= 4 is 28.4 Å². The van der Waals surface area contributed by atoms with E-state index >= 15 is 0 Å². The van der Waals surface area contributed by atoms with Crippen molar-refractivity contribution in [3.05, 3.63) is 67.5 Å². The van der Waals surface area contributed by atoms with Gasteiger partial charge in [-0.15, -0.1) is 6.58 Å². The molecule has 258 valence electrons. The molecule has 0 bridgehead atoms. The maximum Gasteiger partial charge on any atom is 0.245 e. The number of hydrogen-bond acceptors (Lipinski definition) is 10. The van der Waals surface area contributed by atoms with Crippen molar-refractivity contribution in [3.8, 4) is 22.8 Å². The number of rotatable bonds is 10. The summed E-state index contributed by atoms with van der Waals surface area (Å²) >= 11 is 0. The highest BCUT2D eigenvalue weighted by molar-refractivity contribution is 5.98. The number of carbonyl (C=O) groups is 1. The van der Waals surface area contributed by atoms with Crippen LogP contribution in [0.3, 0.4) is 0 Å². The number of nitrogens with one attached hydrogen (secondary N) is 2. The summed E-state index contributed by atoms with van der Waals surface area (Å²) in [5, 5.41) is 18.6. The summed E-state index contributed by atoms with van der Waals surface area (Å²) in [6.45, 7) is 10.9. The van der Waals surface area contributed by atoms with E-state index in [1.54, 1.807) is 0 Å². The number of nitrogens with zero attached hydrogens (tertiary/aromatic N) is 5. The van der Waals surface area contributed by atoms with Gasteiger partial charge in [0.05, 0.1) is 23.7 Å². The molecule has 2 atom stereocenters. The summed E-state index contributed by atoms with van der Waals surface area (Å²) in [7, 11) is 1.86. The number of carbonyl (C=O) groups excluding carboxylic acids is 1. The third-order valence-electron chi connectivity index (χ3n) is 8.48. The van der Waals surface area contributed by atoms with E-state index in [2.05, 4.69) is 34.3 Å². The van der Waals surface area contributed by atoms with Crippen molar-refractivity contribution in [1.82, 2.24) is 30.3 Å². The van der Waals surface area contributed by atoms with E-state index in [0.29, 0.717) is 48.6 Å². The van der Waals surface area contributed by atoms with Crippen LogP contribution in [-0.2, 0) is 9.73 Å². The predicted octanol–water partition coefficient (Wildman–Crippen LogP) is 6.53. The van der Waals surface area contributed by atoms with Gasteiger partial charge in [-0.25, -0.2) is 20.1 Å². The monoisotopic (exact) mass is 658 g/mol. The van der Waals surface area contributed by atoms with Gasteiger partial charge < -0.3 is 20.9 Å². The summed E-state index contributed by atoms with van der Waals surface area (Å²) in [6, 6.07) is 15.7. The Morgan fingerprint density at radius 1 is 1.10 bits per heavy atom. The zero-order valence-electron chi connectivity index (χ0n) is 28.6. The number of aromatic nitrogens is 4. The number of para-hydroxylation sites is 1. The van der Waals surface area contributed by atoms with E-state index in [0.717, 1.165) is 53.8 Å². The normalized spacial score (nSPS) is 17.9. The van der Waals surface area contributed by atoms with Crippen LogP contribution in [0.2, 0.25) is 0 Å². The van der Waals surface area contributed by atoms with Gasteiger partial charge in [-0.05, 0) is 67.9 Å². The molecule has 6 rings (SSSR count). The van der Waals surface area contributed by atoms with Gasteiger partial charge in [0.2, 0.25) is 5.91 Å². The van der Waals surface area contributed by atoms with Crippen molar-refractivity contribution in [2.75, 3.05) is 37.8 Å².